The van der Waals surface area contributed by atoms with Gasteiger partial charge in [0.25, 0.3) is 5.91 Å². The minimum absolute atomic E-state index is 0.198. The Balaban J connectivity index is 2.85. The summed E-state index contributed by atoms with van der Waals surface area (Å²) in [4.78, 5) is 22.5. The van der Waals surface area contributed by atoms with E-state index >= 15 is 0 Å². The lowest BCUT2D eigenvalue weighted by atomic mass is 10.2. The van der Waals surface area contributed by atoms with Crippen molar-refractivity contribution in [3.05, 3.63) is 23.8 Å². The summed E-state index contributed by atoms with van der Waals surface area (Å²) in [6.45, 7) is 4.70. The first-order valence-electron chi connectivity index (χ1n) is 6.54. The maximum Gasteiger partial charge on any atom is 0.251 e. The van der Waals surface area contributed by atoms with Crippen LogP contribution in [-0.2, 0) is 4.79 Å². The molecule has 2 amide bonds. The number of benzene rings is 1. The van der Waals surface area contributed by atoms with Crippen molar-refractivity contribution in [1.29, 1.82) is 0 Å². The fraction of sp³-hybridized carbons (Fsp3) is 0.429. The molecule has 0 aliphatic heterocycles. The molecule has 1 rings (SSSR count). The maximum absolute atomic E-state index is 11.8. The van der Waals surface area contributed by atoms with Crippen LogP contribution in [-0.4, -0.2) is 31.6 Å². The van der Waals surface area contributed by atoms with Crippen molar-refractivity contribution in [3.63, 3.8) is 0 Å². The number of rotatable bonds is 8. The third-order valence-corrected chi connectivity index (χ3v) is 2.39. The number of primary amides is 1. The second-order valence-electron chi connectivity index (χ2n) is 4.09. The van der Waals surface area contributed by atoms with Crippen molar-refractivity contribution in [1.82, 2.24) is 5.32 Å². The van der Waals surface area contributed by atoms with Crippen LogP contribution in [0.25, 0.3) is 0 Å². The van der Waals surface area contributed by atoms with Crippen LogP contribution in [0.5, 0.6) is 11.5 Å². The van der Waals surface area contributed by atoms with Gasteiger partial charge in [-0.05, 0) is 31.5 Å². The van der Waals surface area contributed by atoms with Crippen molar-refractivity contribution in [2.45, 2.75) is 20.3 Å². The second kappa shape index (κ2) is 8.04. The van der Waals surface area contributed by atoms with Gasteiger partial charge in [-0.3, -0.25) is 9.59 Å². The van der Waals surface area contributed by atoms with E-state index in [9.17, 15) is 9.59 Å². The third kappa shape index (κ3) is 4.79. The highest BCUT2D eigenvalue weighted by atomic mass is 16.5. The zero-order valence-corrected chi connectivity index (χ0v) is 11.8. The predicted molar refractivity (Wildman–Crippen MR) is 74.9 cm³/mol. The smallest absolute Gasteiger partial charge is 0.251 e. The molecule has 1 aromatic rings. The molecule has 3 N–H and O–H groups in total. The maximum atomic E-state index is 11.8. The van der Waals surface area contributed by atoms with Gasteiger partial charge in [0.05, 0.1) is 19.8 Å². The molecule has 0 unspecified atom stereocenters. The van der Waals surface area contributed by atoms with Crippen molar-refractivity contribution in [2.24, 2.45) is 5.73 Å². The Labute approximate surface area is 118 Å². The zero-order chi connectivity index (χ0) is 15.0. The predicted octanol–water partition coefficient (Wildman–Crippen LogP) is 1.09. The van der Waals surface area contributed by atoms with Crippen LogP contribution in [0.3, 0.4) is 0 Å². The average molecular weight is 280 g/mol. The first kappa shape index (κ1) is 15.8. The van der Waals surface area contributed by atoms with E-state index in [-0.39, 0.29) is 12.5 Å². The molecule has 0 fully saturated rings. The van der Waals surface area contributed by atoms with Crippen LogP contribution in [0.4, 0.5) is 0 Å². The summed E-state index contributed by atoms with van der Waals surface area (Å²) in [7, 11) is 0. The molecule has 0 aromatic heterocycles. The van der Waals surface area contributed by atoms with Crippen LogP contribution >= 0.6 is 0 Å². The summed E-state index contributed by atoms with van der Waals surface area (Å²) >= 11 is 0. The van der Waals surface area contributed by atoms with Gasteiger partial charge in [-0.2, -0.15) is 0 Å². The normalized spacial score (nSPS) is 9.90. The summed E-state index contributed by atoms with van der Waals surface area (Å²) in [5.74, 6) is 0.130. The lowest BCUT2D eigenvalue weighted by Gasteiger charge is -2.12. The Morgan fingerprint density at radius 1 is 1.20 bits per heavy atom. The van der Waals surface area contributed by atoms with Crippen molar-refractivity contribution in [3.8, 4) is 11.5 Å². The number of hydrogen-bond donors (Lipinski definition) is 2. The fourth-order valence-electron chi connectivity index (χ4n) is 1.52. The molecular weight excluding hydrogens is 260 g/mol. The topological polar surface area (TPSA) is 90.6 Å². The van der Waals surface area contributed by atoms with Crippen molar-refractivity contribution < 1.29 is 19.1 Å². The summed E-state index contributed by atoms with van der Waals surface area (Å²) in [5.41, 5.74) is 5.36. The van der Waals surface area contributed by atoms with E-state index < -0.39 is 5.91 Å². The molecular formula is C14H20N2O4. The van der Waals surface area contributed by atoms with E-state index in [1.807, 2.05) is 13.8 Å². The average Bonchev–Trinajstić information content (AvgIpc) is 2.43. The van der Waals surface area contributed by atoms with E-state index in [2.05, 4.69) is 5.32 Å². The zero-order valence-electron chi connectivity index (χ0n) is 11.8. The summed E-state index contributed by atoms with van der Waals surface area (Å²) in [6, 6.07) is 4.88. The minimum Gasteiger partial charge on any atom is -0.490 e. The van der Waals surface area contributed by atoms with E-state index in [4.69, 9.17) is 15.2 Å². The highest BCUT2D eigenvalue weighted by molar-refractivity contribution is 5.96. The molecule has 0 atom stereocenters. The molecule has 6 nitrogen and oxygen atoms in total. The summed E-state index contributed by atoms with van der Waals surface area (Å²) in [6.07, 6.45) is 0.881. The number of carbonyl (C=O) groups excluding carboxylic acids is 2. The van der Waals surface area contributed by atoms with Crippen LogP contribution < -0.4 is 20.5 Å². The van der Waals surface area contributed by atoms with Crippen molar-refractivity contribution in [2.75, 3.05) is 19.8 Å². The first-order chi connectivity index (χ1) is 9.58. The van der Waals surface area contributed by atoms with Crippen molar-refractivity contribution >= 4 is 11.8 Å². The summed E-state index contributed by atoms with van der Waals surface area (Å²) in [5, 5.41) is 2.42. The van der Waals surface area contributed by atoms with Gasteiger partial charge in [0.2, 0.25) is 5.91 Å². The van der Waals surface area contributed by atoms with E-state index in [0.717, 1.165) is 6.42 Å². The van der Waals surface area contributed by atoms with E-state index in [1.165, 1.54) is 0 Å². The second-order valence-corrected chi connectivity index (χ2v) is 4.09. The number of carbonyl (C=O) groups is 2. The van der Waals surface area contributed by atoms with E-state index in [0.29, 0.717) is 30.3 Å². The SMILES string of the molecule is CCCOc1ccc(C(=O)NCC(N)=O)cc1OCC. The van der Waals surface area contributed by atoms with Gasteiger partial charge in [-0.25, -0.2) is 0 Å². The molecule has 110 valence electrons. The quantitative estimate of drug-likeness (QED) is 0.745. The van der Waals surface area contributed by atoms with Gasteiger partial charge in [-0.1, -0.05) is 6.92 Å². The first-order valence-corrected chi connectivity index (χ1v) is 6.54. The van der Waals surface area contributed by atoms with Gasteiger partial charge < -0.3 is 20.5 Å². The highest BCUT2D eigenvalue weighted by Gasteiger charge is 2.11. The molecule has 0 radical (unpaired) electrons. The standard InChI is InChI=1S/C14H20N2O4/c1-3-7-20-11-6-5-10(8-12(11)19-4-2)14(18)16-9-13(15)17/h5-6,8H,3-4,7,9H2,1-2H3,(H2,15,17)(H,16,18). The monoisotopic (exact) mass is 280 g/mol. The summed E-state index contributed by atoms with van der Waals surface area (Å²) < 4.78 is 11.0. The number of ether oxygens (including phenoxy) is 2. The van der Waals surface area contributed by atoms with E-state index in [1.54, 1.807) is 18.2 Å². The lowest BCUT2D eigenvalue weighted by Crippen LogP contribution is -2.33. The third-order valence-electron chi connectivity index (χ3n) is 2.39. The Morgan fingerprint density at radius 3 is 2.55 bits per heavy atom. The van der Waals surface area contributed by atoms with Gasteiger partial charge >= 0.3 is 0 Å². The van der Waals surface area contributed by atoms with Crippen LogP contribution in [0.2, 0.25) is 0 Å². The fourth-order valence-corrected chi connectivity index (χ4v) is 1.52. The molecule has 0 aliphatic rings. The molecule has 0 saturated heterocycles. The Kier molecular flexibility index (Phi) is 6.36. The van der Waals surface area contributed by atoms with Gasteiger partial charge in [-0.15, -0.1) is 0 Å². The number of hydrogen-bond acceptors (Lipinski definition) is 4. The molecule has 20 heavy (non-hydrogen) atoms. The van der Waals surface area contributed by atoms with Crippen LogP contribution in [0.15, 0.2) is 18.2 Å². The largest absolute Gasteiger partial charge is 0.490 e. The molecule has 1 aromatic carbocycles. The van der Waals surface area contributed by atoms with Gasteiger partial charge in [0.1, 0.15) is 0 Å². The number of nitrogens with one attached hydrogen (secondary N) is 1. The van der Waals surface area contributed by atoms with Crippen LogP contribution in [0, 0.1) is 0 Å². The highest BCUT2D eigenvalue weighted by Crippen LogP contribution is 2.28. The Morgan fingerprint density at radius 2 is 1.95 bits per heavy atom. The Hall–Kier alpha value is -2.24. The molecule has 0 heterocycles. The molecule has 6 heteroatoms. The Bertz CT molecular complexity index is 474. The number of nitrogens with two attached hydrogens (primary N) is 1. The van der Waals surface area contributed by atoms with Crippen LogP contribution in [0.1, 0.15) is 30.6 Å². The minimum atomic E-state index is -0.591. The van der Waals surface area contributed by atoms with Gasteiger partial charge in [0.15, 0.2) is 11.5 Å². The molecule has 0 spiro atoms. The molecule has 0 bridgehead atoms. The molecule has 0 saturated carbocycles. The lowest BCUT2D eigenvalue weighted by molar-refractivity contribution is -0.117. The number of amides is 2. The molecule has 0 aliphatic carbocycles. The van der Waals surface area contributed by atoms with Gasteiger partial charge in [0, 0.05) is 5.56 Å².